The van der Waals surface area contributed by atoms with Crippen LogP contribution >= 0.6 is 0 Å². The number of carbonyl (C=O) groups excluding carboxylic acids is 1. The molecule has 2 rings (SSSR count). The molecule has 0 aliphatic carbocycles. The van der Waals surface area contributed by atoms with E-state index in [2.05, 4.69) is 31.1 Å². The molecule has 2 aliphatic heterocycles. The summed E-state index contributed by atoms with van der Waals surface area (Å²) in [5.74, 6) is 0.120. The third-order valence-electron chi connectivity index (χ3n) is 4.25. The van der Waals surface area contributed by atoms with Crippen LogP contribution in [0.3, 0.4) is 0 Å². The van der Waals surface area contributed by atoms with E-state index in [0.29, 0.717) is 12.1 Å². The van der Waals surface area contributed by atoms with Crippen molar-refractivity contribution in [2.45, 2.75) is 38.5 Å². The number of rotatable bonds is 3. The van der Waals surface area contributed by atoms with Crippen molar-refractivity contribution in [2.24, 2.45) is 0 Å². The summed E-state index contributed by atoms with van der Waals surface area (Å²) in [4.78, 5) is 16.4. The summed E-state index contributed by atoms with van der Waals surface area (Å²) in [6.07, 6.45) is 0. The molecule has 0 spiro atoms. The fraction of sp³-hybridized carbons (Fsp3) is 0.923. The molecule has 0 radical (unpaired) electrons. The summed E-state index contributed by atoms with van der Waals surface area (Å²) < 4.78 is 5.71. The topological polar surface area (TPSA) is 44.8 Å². The molecule has 1 amide bonds. The summed E-state index contributed by atoms with van der Waals surface area (Å²) in [5.41, 5.74) is -0.139. The molecular weight excluding hydrogens is 230 g/mol. The average Bonchev–Trinajstić information content (AvgIpc) is 2.30. The van der Waals surface area contributed by atoms with E-state index in [1.54, 1.807) is 0 Å². The van der Waals surface area contributed by atoms with Crippen molar-refractivity contribution < 1.29 is 9.53 Å². The van der Waals surface area contributed by atoms with Crippen LogP contribution in [0.1, 0.15) is 20.8 Å². The Labute approximate surface area is 109 Å². The second-order valence-corrected chi connectivity index (χ2v) is 6.00. The summed E-state index contributed by atoms with van der Waals surface area (Å²) in [6.45, 7) is 9.87. The molecular formula is C13H25N3O2. The SMILES string of the molecule is CC1CN(C(=O)COC2(C)CNC2)CC(C)N1C. The predicted molar refractivity (Wildman–Crippen MR) is 70.5 cm³/mol. The number of likely N-dealkylation sites (N-methyl/N-ethyl adjacent to an activating group) is 1. The predicted octanol–water partition coefficient (Wildman–Crippen LogP) is -0.0841. The highest BCUT2D eigenvalue weighted by Gasteiger charge is 2.35. The Morgan fingerprint density at radius 1 is 1.33 bits per heavy atom. The first-order valence-electron chi connectivity index (χ1n) is 6.76. The molecule has 1 N–H and O–H groups in total. The van der Waals surface area contributed by atoms with E-state index in [9.17, 15) is 4.79 Å². The molecule has 0 saturated carbocycles. The lowest BCUT2D eigenvalue weighted by molar-refractivity contribution is -0.149. The Morgan fingerprint density at radius 2 is 1.89 bits per heavy atom. The van der Waals surface area contributed by atoms with Crippen molar-refractivity contribution in [1.82, 2.24) is 15.1 Å². The minimum absolute atomic E-state index is 0.120. The first kappa shape index (κ1) is 13.8. The molecule has 5 nitrogen and oxygen atoms in total. The zero-order valence-corrected chi connectivity index (χ0v) is 11.9. The molecule has 5 heteroatoms. The quantitative estimate of drug-likeness (QED) is 0.766. The third-order valence-corrected chi connectivity index (χ3v) is 4.25. The highest BCUT2D eigenvalue weighted by Crippen LogP contribution is 2.17. The molecule has 0 aromatic heterocycles. The number of nitrogens with zero attached hydrogens (tertiary/aromatic N) is 2. The van der Waals surface area contributed by atoms with Crippen LogP contribution in [-0.2, 0) is 9.53 Å². The fourth-order valence-electron chi connectivity index (χ4n) is 2.51. The molecule has 18 heavy (non-hydrogen) atoms. The second kappa shape index (κ2) is 5.15. The van der Waals surface area contributed by atoms with Gasteiger partial charge in [-0.3, -0.25) is 9.69 Å². The van der Waals surface area contributed by atoms with E-state index < -0.39 is 0 Å². The summed E-state index contributed by atoms with van der Waals surface area (Å²) >= 11 is 0. The van der Waals surface area contributed by atoms with E-state index >= 15 is 0 Å². The molecule has 104 valence electrons. The Bertz CT molecular complexity index is 305. The molecule has 0 aromatic carbocycles. The van der Waals surface area contributed by atoms with Gasteiger partial charge in [-0.2, -0.15) is 0 Å². The lowest BCUT2D eigenvalue weighted by Crippen LogP contribution is -2.61. The third kappa shape index (κ3) is 2.84. The average molecular weight is 255 g/mol. The molecule has 0 bridgehead atoms. The van der Waals surface area contributed by atoms with Crippen LogP contribution in [0.25, 0.3) is 0 Å². The Morgan fingerprint density at radius 3 is 2.33 bits per heavy atom. The Hall–Kier alpha value is -0.650. The van der Waals surface area contributed by atoms with Crippen molar-refractivity contribution in [2.75, 3.05) is 39.8 Å². The molecule has 2 aliphatic rings. The van der Waals surface area contributed by atoms with E-state index in [1.807, 2.05) is 11.8 Å². The fourth-order valence-corrected chi connectivity index (χ4v) is 2.51. The van der Waals surface area contributed by atoms with Gasteiger partial charge in [-0.1, -0.05) is 0 Å². The summed E-state index contributed by atoms with van der Waals surface area (Å²) in [7, 11) is 2.12. The van der Waals surface area contributed by atoms with Gasteiger partial charge in [-0.15, -0.1) is 0 Å². The van der Waals surface area contributed by atoms with Crippen molar-refractivity contribution in [1.29, 1.82) is 0 Å². The van der Waals surface area contributed by atoms with Crippen molar-refractivity contribution >= 4 is 5.91 Å². The maximum atomic E-state index is 12.1. The number of carbonyl (C=O) groups is 1. The van der Waals surface area contributed by atoms with Crippen molar-refractivity contribution in [3.8, 4) is 0 Å². The minimum atomic E-state index is -0.139. The van der Waals surface area contributed by atoms with Gasteiger partial charge in [0.15, 0.2) is 0 Å². The van der Waals surface area contributed by atoms with Crippen LogP contribution in [0.15, 0.2) is 0 Å². The number of piperazine rings is 1. The van der Waals surface area contributed by atoms with Gasteiger partial charge in [-0.05, 0) is 27.8 Å². The number of ether oxygens (including phenoxy) is 1. The van der Waals surface area contributed by atoms with Gasteiger partial charge in [0.2, 0.25) is 5.91 Å². The van der Waals surface area contributed by atoms with E-state index in [-0.39, 0.29) is 18.1 Å². The standard InChI is InChI=1S/C13H25N3O2/c1-10-5-16(6-11(2)15(10)4)12(17)7-18-13(3)8-14-9-13/h10-11,14H,5-9H2,1-4H3. The van der Waals surface area contributed by atoms with Gasteiger partial charge in [-0.25, -0.2) is 0 Å². The maximum Gasteiger partial charge on any atom is 0.248 e. The molecule has 2 unspecified atom stereocenters. The van der Waals surface area contributed by atoms with E-state index in [1.165, 1.54) is 0 Å². The lowest BCUT2D eigenvalue weighted by atomic mass is 10.0. The number of hydrogen-bond donors (Lipinski definition) is 1. The number of amides is 1. The van der Waals surface area contributed by atoms with Crippen LogP contribution in [0.5, 0.6) is 0 Å². The van der Waals surface area contributed by atoms with Crippen LogP contribution in [0, 0.1) is 0 Å². The minimum Gasteiger partial charge on any atom is -0.363 e. The van der Waals surface area contributed by atoms with Gasteiger partial charge in [0.1, 0.15) is 6.61 Å². The summed E-state index contributed by atoms with van der Waals surface area (Å²) in [5, 5.41) is 3.17. The Balaban J connectivity index is 1.82. The second-order valence-electron chi connectivity index (χ2n) is 6.00. The zero-order valence-electron chi connectivity index (χ0n) is 11.9. The smallest absolute Gasteiger partial charge is 0.248 e. The highest BCUT2D eigenvalue weighted by atomic mass is 16.5. The largest absolute Gasteiger partial charge is 0.363 e. The molecule has 2 atom stereocenters. The first-order chi connectivity index (χ1) is 8.41. The van der Waals surface area contributed by atoms with Gasteiger partial charge in [0, 0.05) is 38.3 Å². The Kier molecular flexibility index (Phi) is 3.94. The van der Waals surface area contributed by atoms with Gasteiger partial charge in [0.25, 0.3) is 0 Å². The molecule has 2 fully saturated rings. The van der Waals surface area contributed by atoms with Gasteiger partial charge < -0.3 is 15.0 Å². The van der Waals surface area contributed by atoms with Crippen LogP contribution in [-0.4, -0.2) is 73.2 Å². The van der Waals surface area contributed by atoms with Gasteiger partial charge in [0.05, 0.1) is 5.60 Å². The summed E-state index contributed by atoms with van der Waals surface area (Å²) in [6, 6.07) is 0.831. The molecule has 2 saturated heterocycles. The highest BCUT2D eigenvalue weighted by molar-refractivity contribution is 5.77. The zero-order chi connectivity index (χ0) is 13.3. The lowest BCUT2D eigenvalue weighted by Gasteiger charge is -2.43. The maximum absolute atomic E-state index is 12.1. The van der Waals surface area contributed by atoms with Crippen molar-refractivity contribution in [3.05, 3.63) is 0 Å². The van der Waals surface area contributed by atoms with Crippen LogP contribution in [0.2, 0.25) is 0 Å². The van der Waals surface area contributed by atoms with Crippen LogP contribution < -0.4 is 5.32 Å². The molecule has 2 heterocycles. The van der Waals surface area contributed by atoms with E-state index in [4.69, 9.17) is 4.74 Å². The molecule has 0 aromatic rings. The van der Waals surface area contributed by atoms with Crippen molar-refractivity contribution in [3.63, 3.8) is 0 Å². The first-order valence-corrected chi connectivity index (χ1v) is 6.76. The van der Waals surface area contributed by atoms with Gasteiger partial charge >= 0.3 is 0 Å². The number of hydrogen-bond acceptors (Lipinski definition) is 4. The monoisotopic (exact) mass is 255 g/mol. The normalized spacial score (nSPS) is 32.1. The van der Waals surface area contributed by atoms with E-state index in [0.717, 1.165) is 26.2 Å². The van der Waals surface area contributed by atoms with Crippen LogP contribution in [0.4, 0.5) is 0 Å². The number of nitrogens with one attached hydrogen (secondary N) is 1.